The Balaban J connectivity index is 2.62. The number of aromatic nitrogens is 2. The molecule has 1 rings (SSSR count). The number of anilines is 1. The maximum absolute atomic E-state index is 5.74. The zero-order valence-electron chi connectivity index (χ0n) is 12.9. The Hall–Kier alpha value is -1.36. The first kappa shape index (κ1) is 16.7. The minimum absolute atomic E-state index is 0.529. The Morgan fingerprint density at radius 1 is 1.00 bits per heavy atom. The molecule has 0 unspecified atom stereocenters. The fourth-order valence-electron chi connectivity index (χ4n) is 1.84. The minimum Gasteiger partial charge on any atom is -0.475 e. The zero-order valence-corrected chi connectivity index (χ0v) is 12.9. The van der Waals surface area contributed by atoms with Crippen molar-refractivity contribution in [2.45, 2.75) is 46.5 Å². The number of ether oxygens (including phenoxy) is 2. The quantitative estimate of drug-likeness (QED) is 0.632. The van der Waals surface area contributed by atoms with Crippen LogP contribution in [-0.2, 0) is 11.2 Å². The van der Waals surface area contributed by atoms with Crippen molar-refractivity contribution >= 4 is 5.82 Å². The van der Waals surface area contributed by atoms with Gasteiger partial charge in [-0.2, -0.15) is 0 Å². The van der Waals surface area contributed by atoms with E-state index < -0.39 is 0 Å². The normalized spacial score (nSPS) is 10.6. The number of rotatable bonds is 11. The lowest BCUT2D eigenvalue weighted by Crippen LogP contribution is -2.12. The maximum atomic E-state index is 5.74. The van der Waals surface area contributed by atoms with Crippen LogP contribution in [0.5, 0.6) is 5.88 Å². The van der Waals surface area contributed by atoms with Crippen molar-refractivity contribution in [2.24, 2.45) is 0 Å². The van der Waals surface area contributed by atoms with Gasteiger partial charge in [-0.25, -0.2) is 9.97 Å². The average molecular weight is 281 g/mol. The Morgan fingerprint density at radius 3 is 2.55 bits per heavy atom. The molecule has 0 spiro atoms. The van der Waals surface area contributed by atoms with E-state index in [1.807, 2.05) is 0 Å². The molecule has 0 radical (unpaired) electrons. The van der Waals surface area contributed by atoms with Crippen molar-refractivity contribution in [3.8, 4) is 5.88 Å². The molecular formula is C15H27N3O2. The van der Waals surface area contributed by atoms with Gasteiger partial charge in [-0.1, -0.05) is 27.2 Å². The van der Waals surface area contributed by atoms with Gasteiger partial charge < -0.3 is 14.8 Å². The molecule has 0 fully saturated rings. The van der Waals surface area contributed by atoms with Crippen LogP contribution in [0.15, 0.2) is 6.33 Å². The highest BCUT2D eigenvalue weighted by atomic mass is 16.5. The highest BCUT2D eigenvalue weighted by Crippen LogP contribution is 2.23. The van der Waals surface area contributed by atoms with Crippen LogP contribution >= 0.6 is 0 Å². The zero-order chi connectivity index (χ0) is 14.6. The van der Waals surface area contributed by atoms with Crippen molar-refractivity contribution in [3.05, 3.63) is 11.9 Å². The maximum Gasteiger partial charge on any atom is 0.221 e. The average Bonchev–Trinajstić information content (AvgIpc) is 2.47. The molecule has 0 saturated carbocycles. The van der Waals surface area contributed by atoms with Crippen molar-refractivity contribution in [1.82, 2.24) is 9.97 Å². The van der Waals surface area contributed by atoms with Gasteiger partial charge in [0.25, 0.3) is 0 Å². The van der Waals surface area contributed by atoms with E-state index in [2.05, 4.69) is 36.1 Å². The lowest BCUT2D eigenvalue weighted by Gasteiger charge is -2.14. The molecule has 0 bridgehead atoms. The van der Waals surface area contributed by atoms with Gasteiger partial charge in [-0.05, 0) is 19.3 Å². The summed E-state index contributed by atoms with van der Waals surface area (Å²) in [4.78, 5) is 8.57. The first-order valence-corrected chi connectivity index (χ1v) is 7.61. The molecule has 5 nitrogen and oxygen atoms in total. The van der Waals surface area contributed by atoms with Crippen molar-refractivity contribution in [1.29, 1.82) is 0 Å². The lowest BCUT2D eigenvalue weighted by atomic mass is 10.1. The van der Waals surface area contributed by atoms with Gasteiger partial charge in [0, 0.05) is 13.2 Å². The van der Waals surface area contributed by atoms with Gasteiger partial charge in [0.15, 0.2) is 0 Å². The summed E-state index contributed by atoms with van der Waals surface area (Å²) in [5.41, 5.74) is 1.07. The second-order valence-electron chi connectivity index (χ2n) is 4.64. The fraction of sp³-hybridized carbons (Fsp3) is 0.733. The molecular weight excluding hydrogens is 254 g/mol. The van der Waals surface area contributed by atoms with E-state index in [0.717, 1.165) is 50.2 Å². The number of hydrogen-bond donors (Lipinski definition) is 1. The molecule has 0 aliphatic carbocycles. The molecule has 0 aromatic carbocycles. The van der Waals surface area contributed by atoms with Crippen molar-refractivity contribution in [2.75, 3.05) is 31.7 Å². The van der Waals surface area contributed by atoms with Crippen LogP contribution in [0, 0.1) is 0 Å². The molecule has 0 saturated heterocycles. The second-order valence-corrected chi connectivity index (χ2v) is 4.64. The summed E-state index contributed by atoms with van der Waals surface area (Å²) in [5.74, 6) is 1.58. The molecule has 5 heteroatoms. The number of nitrogens with one attached hydrogen (secondary N) is 1. The number of nitrogens with zero attached hydrogens (tertiary/aromatic N) is 2. The monoisotopic (exact) mass is 281 g/mol. The molecule has 0 aliphatic rings. The lowest BCUT2D eigenvalue weighted by molar-refractivity contribution is 0.0986. The van der Waals surface area contributed by atoms with E-state index in [9.17, 15) is 0 Å². The Morgan fingerprint density at radius 2 is 1.85 bits per heavy atom. The SMILES string of the molecule is CCCNc1ncnc(OCCOCCC)c1CCC. The van der Waals surface area contributed by atoms with Crippen molar-refractivity contribution < 1.29 is 9.47 Å². The Bertz CT molecular complexity index is 372. The third-order valence-corrected chi connectivity index (χ3v) is 2.76. The third-order valence-electron chi connectivity index (χ3n) is 2.76. The number of hydrogen-bond acceptors (Lipinski definition) is 5. The van der Waals surface area contributed by atoms with Crippen LogP contribution in [0.4, 0.5) is 5.82 Å². The highest BCUT2D eigenvalue weighted by molar-refractivity contribution is 5.48. The van der Waals surface area contributed by atoms with Gasteiger partial charge in [0.2, 0.25) is 5.88 Å². The van der Waals surface area contributed by atoms with Gasteiger partial charge in [-0.15, -0.1) is 0 Å². The van der Waals surface area contributed by atoms with E-state index in [-0.39, 0.29) is 0 Å². The third kappa shape index (κ3) is 5.74. The summed E-state index contributed by atoms with van der Waals surface area (Å²) in [5, 5.41) is 3.34. The van der Waals surface area contributed by atoms with E-state index in [1.165, 1.54) is 0 Å². The highest BCUT2D eigenvalue weighted by Gasteiger charge is 2.11. The van der Waals surface area contributed by atoms with E-state index in [1.54, 1.807) is 6.33 Å². The largest absolute Gasteiger partial charge is 0.475 e. The van der Waals surface area contributed by atoms with Crippen LogP contribution in [0.25, 0.3) is 0 Å². The molecule has 20 heavy (non-hydrogen) atoms. The minimum atomic E-state index is 0.529. The molecule has 1 heterocycles. The van der Waals surface area contributed by atoms with Gasteiger partial charge in [0.1, 0.15) is 18.8 Å². The molecule has 1 aromatic heterocycles. The van der Waals surface area contributed by atoms with Crippen LogP contribution in [0.3, 0.4) is 0 Å². The standard InChI is InChI=1S/C15H27N3O2/c1-4-7-13-14(16-8-5-2)17-12-18-15(13)20-11-10-19-9-6-3/h12H,4-11H2,1-3H3,(H,16,17,18). The molecule has 0 amide bonds. The van der Waals surface area contributed by atoms with Crippen LogP contribution in [0.2, 0.25) is 0 Å². The topological polar surface area (TPSA) is 56.3 Å². The van der Waals surface area contributed by atoms with E-state index in [4.69, 9.17) is 9.47 Å². The van der Waals surface area contributed by atoms with Crippen molar-refractivity contribution in [3.63, 3.8) is 0 Å². The van der Waals surface area contributed by atoms with E-state index >= 15 is 0 Å². The Kier molecular flexibility index (Phi) is 8.71. The predicted octanol–water partition coefficient (Wildman–Crippen LogP) is 3.06. The summed E-state index contributed by atoms with van der Waals surface area (Å²) in [6.45, 7) is 9.18. The summed E-state index contributed by atoms with van der Waals surface area (Å²) >= 11 is 0. The van der Waals surface area contributed by atoms with Crippen LogP contribution < -0.4 is 10.1 Å². The fourth-order valence-corrected chi connectivity index (χ4v) is 1.84. The molecule has 114 valence electrons. The Labute approximate surface area is 122 Å². The van der Waals surface area contributed by atoms with Gasteiger partial charge in [0.05, 0.1) is 12.2 Å². The molecule has 1 N–H and O–H groups in total. The summed E-state index contributed by atoms with van der Waals surface area (Å²) < 4.78 is 11.2. The smallest absolute Gasteiger partial charge is 0.221 e. The second kappa shape index (κ2) is 10.4. The first-order chi connectivity index (χ1) is 9.83. The van der Waals surface area contributed by atoms with Crippen LogP contribution in [-0.4, -0.2) is 36.3 Å². The predicted molar refractivity (Wildman–Crippen MR) is 81.4 cm³/mol. The van der Waals surface area contributed by atoms with E-state index in [0.29, 0.717) is 19.1 Å². The molecule has 1 aromatic rings. The molecule has 0 atom stereocenters. The summed E-state index contributed by atoms with van der Waals surface area (Å²) in [6.07, 6.45) is 5.60. The summed E-state index contributed by atoms with van der Waals surface area (Å²) in [6, 6.07) is 0. The van der Waals surface area contributed by atoms with Crippen LogP contribution in [0.1, 0.15) is 45.6 Å². The van der Waals surface area contributed by atoms with Gasteiger partial charge >= 0.3 is 0 Å². The van der Waals surface area contributed by atoms with Gasteiger partial charge in [-0.3, -0.25) is 0 Å². The first-order valence-electron chi connectivity index (χ1n) is 7.61. The molecule has 0 aliphatic heterocycles. The summed E-state index contributed by atoms with van der Waals surface area (Å²) in [7, 11) is 0.